The molecule has 186 valence electrons. The number of nitrogens with one attached hydrogen (secondary N) is 1. The molecule has 5 rings (SSSR count). The van der Waals surface area contributed by atoms with E-state index in [-0.39, 0.29) is 6.79 Å². The number of hydrogen-bond donors (Lipinski definition) is 1. The molecule has 0 saturated carbocycles. The summed E-state index contributed by atoms with van der Waals surface area (Å²) in [4.78, 5) is 26.9. The third kappa shape index (κ3) is 5.03. The number of carbonyl (C=O) groups is 1. The van der Waals surface area contributed by atoms with E-state index in [0.29, 0.717) is 43.3 Å². The van der Waals surface area contributed by atoms with Crippen molar-refractivity contribution in [3.63, 3.8) is 0 Å². The van der Waals surface area contributed by atoms with Gasteiger partial charge >= 0.3 is 0 Å². The molecule has 1 saturated heterocycles. The van der Waals surface area contributed by atoms with E-state index < -0.39 is 11.8 Å². The highest BCUT2D eigenvalue weighted by Crippen LogP contribution is 2.33. The van der Waals surface area contributed by atoms with Crippen molar-refractivity contribution >= 4 is 22.8 Å². The van der Waals surface area contributed by atoms with Gasteiger partial charge in [-0.3, -0.25) is 9.69 Å². The van der Waals surface area contributed by atoms with Crippen molar-refractivity contribution in [2.24, 2.45) is 0 Å². The van der Waals surface area contributed by atoms with E-state index in [4.69, 9.17) is 24.2 Å². The van der Waals surface area contributed by atoms with E-state index >= 15 is 0 Å². The summed E-state index contributed by atoms with van der Waals surface area (Å²) in [6.07, 6.45) is 0. The first-order valence-corrected chi connectivity index (χ1v) is 11.9. The van der Waals surface area contributed by atoms with Gasteiger partial charge < -0.3 is 24.4 Å². The number of methoxy groups -OCH3 is 1. The van der Waals surface area contributed by atoms with Crippen LogP contribution in [-0.4, -0.2) is 74.0 Å². The van der Waals surface area contributed by atoms with Crippen LogP contribution < -0.4 is 19.7 Å². The van der Waals surface area contributed by atoms with Gasteiger partial charge in [0.05, 0.1) is 23.7 Å². The fourth-order valence-corrected chi connectivity index (χ4v) is 4.47. The van der Waals surface area contributed by atoms with E-state index in [1.54, 1.807) is 7.11 Å². The maximum atomic E-state index is 12.9. The number of anilines is 1. The van der Waals surface area contributed by atoms with Crippen LogP contribution in [0, 0.1) is 11.3 Å². The minimum Gasteiger partial charge on any atom is -0.454 e. The fourth-order valence-electron chi connectivity index (χ4n) is 4.47. The van der Waals surface area contributed by atoms with Gasteiger partial charge in [0.2, 0.25) is 12.7 Å². The molecule has 0 radical (unpaired) electrons. The van der Waals surface area contributed by atoms with Crippen LogP contribution in [0.4, 0.5) is 5.82 Å². The minimum absolute atomic E-state index is 0.265. The first-order valence-electron chi connectivity index (χ1n) is 11.9. The molecule has 3 heterocycles. The summed E-state index contributed by atoms with van der Waals surface area (Å²) >= 11 is 0. The predicted octanol–water partition coefficient (Wildman–Crippen LogP) is 2.05. The Balaban J connectivity index is 1.34. The molecule has 3 aromatic rings. The second kappa shape index (κ2) is 10.8. The molecule has 1 unspecified atom stereocenters. The first-order chi connectivity index (χ1) is 17.7. The number of nitriles is 1. The molecule has 0 aliphatic carbocycles. The molecule has 1 fully saturated rings. The van der Waals surface area contributed by atoms with Crippen LogP contribution in [0.15, 0.2) is 42.5 Å². The lowest BCUT2D eigenvalue weighted by molar-refractivity contribution is -0.121. The zero-order valence-electron chi connectivity index (χ0n) is 20.1. The van der Waals surface area contributed by atoms with Crippen molar-refractivity contribution < 1.29 is 19.0 Å². The summed E-state index contributed by atoms with van der Waals surface area (Å²) in [5.74, 6) is 0.685. The molecule has 0 spiro atoms. The lowest BCUT2D eigenvalue weighted by Gasteiger charge is -2.36. The fraction of sp³-hybridized carbons (Fsp3) is 0.385. The molecule has 2 aliphatic heterocycles. The molecule has 1 aromatic heterocycles. The van der Waals surface area contributed by atoms with Crippen molar-refractivity contribution in [1.82, 2.24) is 20.2 Å². The molecule has 1 amide bonds. The largest absolute Gasteiger partial charge is 0.454 e. The number of fused-ring (bicyclic) bond motifs is 2. The zero-order valence-corrected chi connectivity index (χ0v) is 20.1. The lowest BCUT2D eigenvalue weighted by Crippen LogP contribution is -2.47. The number of rotatable bonds is 8. The Hall–Kier alpha value is -3.94. The van der Waals surface area contributed by atoms with E-state index in [9.17, 15) is 10.1 Å². The van der Waals surface area contributed by atoms with Gasteiger partial charge in [-0.2, -0.15) is 5.26 Å². The summed E-state index contributed by atoms with van der Waals surface area (Å²) in [7, 11) is 1.56. The van der Waals surface area contributed by atoms with Crippen LogP contribution in [0.25, 0.3) is 11.0 Å². The predicted molar refractivity (Wildman–Crippen MR) is 133 cm³/mol. The standard InChI is InChI=1S/C26H28N6O4/c1-34-13-8-28-26(33)19(15-27)24-25(30-21-5-3-2-4-20(21)29-24)32-11-9-31(10-12-32)16-18-6-7-22-23(14-18)36-17-35-22/h2-7,14,19H,8-13,16-17H2,1H3,(H,28,33). The van der Waals surface area contributed by atoms with Crippen LogP contribution in [0.3, 0.4) is 0 Å². The van der Waals surface area contributed by atoms with E-state index in [1.165, 1.54) is 0 Å². The van der Waals surface area contributed by atoms with Crippen LogP contribution in [0.1, 0.15) is 17.2 Å². The van der Waals surface area contributed by atoms with Crippen molar-refractivity contribution in [2.45, 2.75) is 12.5 Å². The Morgan fingerprint density at radius 3 is 2.61 bits per heavy atom. The van der Waals surface area contributed by atoms with E-state index in [0.717, 1.165) is 42.2 Å². The highest BCUT2D eigenvalue weighted by Gasteiger charge is 2.30. The normalized spacial score (nSPS) is 16.1. The van der Waals surface area contributed by atoms with Crippen LogP contribution in [0.2, 0.25) is 0 Å². The van der Waals surface area contributed by atoms with Crippen LogP contribution >= 0.6 is 0 Å². The Morgan fingerprint density at radius 1 is 1.11 bits per heavy atom. The summed E-state index contributed by atoms with van der Waals surface area (Å²) in [5.41, 5.74) is 2.93. The number of amides is 1. The summed E-state index contributed by atoms with van der Waals surface area (Å²) in [6.45, 7) is 4.76. The Morgan fingerprint density at radius 2 is 1.86 bits per heavy atom. The van der Waals surface area contributed by atoms with Crippen molar-refractivity contribution in [3.05, 3.63) is 53.7 Å². The highest BCUT2D eigenvalue weighted by molar-refractivity contribution is 5.88. The quantitative estimate of drug-likeness (QED) is 0.476. The number of hydrogen-bond acceptors (Lipinski definition) is 9. The molecular formula is C26H28N6O4. The lowest BCUT2D eigenvalue weighted by atomic mass is 10.0. The van der Waals surface area contributed by atoms with Crippen molar-refractivity contribution in [2.75, 3.05) is 58.1 Å². The molecule has 10 nitrogen and oxygen atoms in total. The molecule has 36 heavy (non-hydrogen) atoms. The number of ether oxygens (including phenoxy) is 3. The molecule has 2 aromatic carbocycles. The van der Waals surface area contributed by atoms with Gasteiger partial charge in [-0.05, 0) is 29.8 Å². The number of aromatic nitrogens is 2. The average Bonchev–Trinajstić information content (AvgIpc) is 3.37. The van der Waals surface area contributed by atoms with Gasteiger partial charge in [0.25, 0.3) is 0 Å². The van der Waals surface area contributed by atoms with Gasteiger partial charge in [0.1, 0.15) is 5.69 Å². The van der Waals surface area contributed by atoms with Crippen LogP contribution in [-0.2, 0) is 16.1 Å². The van der Waals surface area contributed by atoms with Gasteiger partial charge in [-0.15, -0.1) is 0 Å². The smallest absolute Gasteiger partial charge is 0.243 e. The van der Waals surface area contributed by atoms with Gasteiger partial charge in [-0.1, -0.05) is 18.2 Å². The molecular weight excluding hydrogens is 460 g/mol. The second-order valence-corrected chi connectivity index (χ2v) is 8.72. The third-order valence-corrected chi connectivity index (χ3v) is 6.36. The topological polar surface area (TPSA) is 113 Å². The van der Waals surface area contributed by atoms with Gasteiger partial charge in [0.15, 0.2) is 23.2 Å². The molecule has 2 aliphatic rings. The second-order valence-electron chi connectivity index (χ2n) is 8.72. The Labute approximate surface area is 209 Å². The van der Waals surface area contributed by atoms with E-state index in [1.807, 2.05) is 36.4 Å². The van der Waals surface area contributed by atoms with Gasteiger partial charge in [-0.25, -0.2) is 9.97 Å². The molecule has 1 atom stereocenters. The number of para-hydroxylation sites is 2. The van der Waals surface area contributed by atoms with Crippen molar-refractivity contribution in [1.29, 1.82) is 5.26 Å². The number of carbonyl (C=O) groups excluding carboxylic acids is 1. The SMILES string of the molecule is COCCNC(=O)C(C#N)c1nc2ccccc2nc1N1CCN(Cc2ccc3c(c2)OCO3)CC1. The maximum Gasteiger partial charge on any atom is 0.243 e. The molecule has 0 bridgehead atoms. The molecule has 1 N–H and O–H groups in total. The summed E-state index contributed by atoms with van der Waals surface area (Å²) in [6, 6.07) is 15.7. The van der Waals surface area contributed by atoms with Crippen molar-refractivity contribution in [3.8, 4) is 17.6 Å². The highest BCUT2D eigenvalue weighted by atomic mass is 16.7. The average molecular weight is 489 g/mol. The maximum absolute atomic E-state index is 12.9. The third-order valence-electron chi connectivity index (χ3n) is 6.36. The summed E-state index contributed by atoms with van der Waals surface area (Å²) in [5, 5.41) is 12.7. The van der Waals surface area contributed by atoms with Gasteiger partial charge in [0, 0.05) is 46.4 Å². The van der Waals surface area contributed by atoms with Crippen LogP contribution in [0.5, 0.6) is 11.5 Å². The number of nitrogens with zero attached hydrogens (tertiary/aromatic N) is 5. The molecule has 10 heteroatoms. The number of piperazine rings is 1. The number of benzene rings is 2. The Kier molecular flexibility index (Phi) is 7.11. The Bertz CT molecular complexity index is 1290. The first kappa shape index (κ1) is 23.8. The monoisotopic (exact) mass is 488 g/mol. The zero-order chi connectivity index (χ0) is 24.9. The minimum atomic E-state index is -1.07. The summed E-state index contributed by atoms with van der Waals surface area (Å²) < 4.78 is 15.9. The van der Waals surface area contributed by atoms with E-state index in [2.05, 4.69) is 27.3 Å².